The van der Waals surface area contributed by atoms with Crippen LogP contribution in [0.2, 0.25) is 0 Å². The van der Waals surface area contributed by atoms with Crippen LogP contribution in [0.4, 0.5) is 5.69 Å². The van der Waals surface area contributed by atoms with Crippen molar-refractivity contribution in [2.24, 2.45) is 0 Å². The Labute approximate surface area is 135 Å². The number of allylic oxidation sites excluding steroid dienone is 1. The average Bonchev–Trinajstić information content (AvgIpc) is 2.45. The predicted molar refractivity (Wildman–Crippen MR) is 91.9 cm³/mol. The second-order valence-corrected chi connectivity index (χ2v) is 6.15. The van der Waals surface area contributed by atoms with Crippen LogP contribution in [-0.4, -0.2) is 40.9 Å². The van der Waals surface area contributed by atoms with Gasteiger partial charge in [0.15, 0.2) is 0 Å². The van der Waals surface area contributed by atoms with Gasteiger partial charge >= 0.3 is 0 Å². The van der Waals surface area contributed by atoms with E-state index in [4.69, 9.17) is 0 Å². The molecule has 118 valence electrons. The first-order valence-electron chi connectivity index (χ1n) is 7.28. The normalized spacial score (nSPS) is 11.1. The molecular formula is C15H25BrN4O. The van der Waals surface area contributed by atoms with Gasteiger partial charge in [-0.3, -0.25) is 4.79 Å². The fraction of sp³-hybridized carbons (Fsp3) is 0.600. The molecule has 1 rings (SSSR count). The Kier molecular flexibility index (Phi) is 7.67. The molecule has 0 bridgehead atoms. The molecule has 0 aliphatic heterocycles. The van der Waals surface area contributed by atoms with Gasteiger partial charge in [0, 0.05) is 12.6 Å². The standard InChI is InChI=1S/C15H25BrN4O/c1-5-9-20-15(21)14(16)13(11-18-20)17-8-6-7-10-19(4)12(2)3/h5,11-12,17H,1,6-10H2,2-4H3. The number of unbranched alkanes of at least 4 members (excludes halogenated alkanes) is 1. The number of nitrogens with one attached hydrogen (secondary N) is 1. The van der Waals surface area contributed by atoms with Crippen molar-refractivity contribution in [1.82, 2.24) is 14.7 Å². The zero-order chi connectivity index (χ0) is 15.8. The highest BCUT2D eigenvalue weighted by atomic mass is 79.9. The lowest BCUT2D eigenvalue weighted by atomic mass is 10.2. The summed E-state index contributed by atoms with van der Waals surface area (Å²) in [5, 5.41) is 7.37. The van der Waals surface area contributed by atoms with E-state index in [0.29, 0.717) is 17.1 Å². The lowest BCUT2D eigenvalue weighted by Gasteiger charge is -2.20. The maximum absolute atomic E-state index is 12.0. The third-order valence-electron chi connectivity index (χ3n) is 3.42. The molecule has 0 saturated carbocycles. The van der Waals surface area contributed by atoms with Gasteiger partial charge in [-0.2, -0.15) is 5.10 Å². The number of hydrogen-bond donors (Lipinski definition) is 1. The molecule has 0 amide bonds. The Morgan fingerprint density at radius 3 is 2.86 bits per heavy atom. The topological polar surface area (TPSA) is 50.2 Å². The highest BCUT2D eigenvalue weighted by Gasteiger charge is 2.07. The molecule has 0 spiro atoms. The van der Waals surface area contributed by atoms with Crippen LogP contribution < -0.4 is 10.9 Å². The fourth-order valence-electron chi connectivity index (χ4n) is 1.81. The second kappa shape index (κ2) is 9.00. The van der Waals surface area contributed by atoms with Crippen LogP contribution in [0.1, 0.15) is 26.7 Å². The van der Waals surface area contributed by atoms with E-state index in [1.807, 2.05) is 0 Å². The van der Waals surface area contributed by atoms with E-state index in [-0.39, 0.29) is 5.56 Å². The third-order valence-corrected chi connectivity index (χ3v) is 4.19. The number of hydrogen-bond acceptors (Lipinski definition) is 4. The minimum atomic E-state index is -0.139. The summed E-state index contributed by atoms with van der Waals surface area (Å²) >= 11 is 3.33. The van der Waals surface area contributed by atoms with E-state index in [0.717, 1.165) is 31.6 Å². The molecule has 0 radical (unpaired) electrons. The van der Waals surface area contributed by atoms with Crippen LogP contribution in [0, 0.1) is 0 Å². The first-order chi connectivity index (χ1) is 9.97. The molecule has 0 aliphatic carbocycles. The van der Waals surface area contributed by atoms with Gasteiger partial charge in [-0.25, -0.2) is 4.68 Å². The van der Waals surface area contributed by atoms with Crippen molar-refractivity contribution < 1.29 is 0 Å². The zero-order valence-electron chi connectivity index (χ0n) is 13.1. The summed E-state index contributed by atoms with van der Waals surface area (Å²) in [4.78, 5) is 14.3. The van der Waals surface area contributed by atoms with Gasteiger partial charge in [-0.15, -0.1) is 6.58 Å². The molecule has 1 heterocycles. The van der Waals surface area contributed by atoms with E-state index in [9.17, 15) is 4.79 Å². The molecule has 0 aliphatic rings. The summed E-state index contributed by atoms with van der Waals surface area (Å²) in [7, 11) is 2.14. The van der Waals surface area contributed by atoms with E-state index in [2.05, 4.69) is 58.7 Å². The van der Waals surface area contributed by atoms with Gasteiger partial charge in [0.2, 0.25) is 0 Å². The molecular weight excluding hydrogens is 332 g/mol. The van der Waals surface area contributed by atoms with Gasteiger partial charge in [-0.1, -0.05) is 6.08 Å². The van der Waals surface area contributed by atoms with Crippen molar-refractivity contribution in [2.45, 2.75) is 39.3 Å². The van der Waals surface area contributed by atoms with Crippen LogP contribution in [0.5, 0.6) is 0 Å². The van der Waals surface area contributed by atoms with E-state index in [1.54, 1.807) is 12.3 Å². The molecule has 0 saturated heterocycles. The van der Waals surface area contributed by atoms with E-state index in [1.165, 1.54) is 4.68 Å². The van der Waals surface area contributed by atoms with Gasteiger partial charge in [0.05, 0.1) is 18.4 Å². The van der Waals surface area contributed by atoms with Crippen molar-refractivity contribution in [1.29, 1.82) is 0 Å². The van der Waals surface area contributed by atoms with Gasteiger partial charge in [-0.05, 0) is 56.2 Å². The van der Waals surface area contributed by atoms with Gasteiger partial charge in [0.25, 0.3) is 5.56 Å². The minimum absolute atomic E-state index is 0.139. The summed E-state index contributed by atoms with van der Waals surface area (Å²) in [6.07, 6.45) is 5.51. The number of nitrogens with zero attached hydrogens (tertiary/aromatic N) is 3. The quantitative estimate of drug-likeness (QED) is 0.545. The second-order valence-electron chi connectivity index (χ2n) is 5.36. The van der Waals surface area contributed by atoms with Crippen LogP contribution in [-0.2, 0) is 6.54 Å². The molecule has 6 heteroatoms. The number of halogens is 1. The predicted octanol–water partition coefficient (Wildman–Crippen LogP) is 2.72. The molecule has 0 fully saturated rings. The Morgan fingerprint density at radius 1 is 1.52 bits per heavy atom. The molecule has 1 aromatic heterocycles. The van der Waals surface area contributed by atoms with Crippen LogP contribution >= 0.6 is 15.9 Å². The smallest absolute Gasteiger partial charge is 0.283 e. The molecule has 1 N–H and O–H groups in total. The largest absolute Gasteiger partial charge is 0.383 e. The Balaban J connectivity index is 2.44. The van der Waals surface area contributed by atoms with Crippen LogP contribution in [0.15, 0.2) is 28.1 Å². The fourth-order valence-corrected chi connectivity index (χ4v) is 2.26. The number of aromatic nitrogens is 2. The van der Waals surface area contributed by atoms with Crippen molar-refractivity contribution in [2.75, 3.05) is 25.5 Å². The molecule has 1 aromatic rings. The maximum atomic E-state index is 12.0. The third kappa shape index (κ3) is 5.63. The Bertz CT molecular complexity index is 513. The van der Waals surface area contributed by atoms with Crippen molar-refractivity contribution in [3.05, 3.63) is 33.7 Å². The summed E-state index contributed by atoms with van der Waals surface area (Å²) < 4.78 is 1.90. The minimum Gasteiger partial charge on any atom is -0.383 e. The van der Waals surface area contributed by atoms with Crippen LogP contribution in [0.25, 0.3) is 0 Å². The summed E-state index contributed by atoms with van der Waals surface area (Å²) in [6.45, 7) is 10.3. The summed E-state index contributed by atoms with van der Waals surface area (Å²) in [5.74, 6) is 0. The monoisotopic (exact) mass is 356 g/mol. The first-order valence-corrected chi connectivity index (χ1v) is 8.07. The lowest BCUT2D eigenvalue weighted by Crippen LogP contribution is -2.27. The van der Waals surface area contributed by atoms with E-state index < -0.39 is 0 Å². The summed E-state index contributed by atoms with van der Waals surface area (Å²) in [6, 6.07) is 0.578. The highest BCUT2D eigenvalue weighted by molar-refractivity contribution is 9.10. The lowest BCUT2D eigenvalue weighted by molar-refractivity contribution is 0.269. The molecule has 5 nitrogen and oxygen atoms in total. The van der Waals surface area contributed by atoms with Crippen molar-refractivity contribution in [3.63, 3.8) is 0 Å². The Hall–Kier alpha value is -1.14. The molecule has 21 heavy (non-hydrogen) atoms. The van der Waals surface area contributed by atoms with E-state index >= 15 is 0 Å². The molecule has 0 aromatic carbocycles. The zero-order valence-corrected chi connectivity index (χ0v) is 14.7. The first kappa shape index (κ1) is 17.9. The van der Waals surface area contributed by atoms with Gasteiger partial charge < -0.3 is 10.2 Å². The maximum Gasteiger partial charge on any atom is 0.283 e. The number of anilines is 1. The van der Waals surface area contributed by atoms with Crippen molar-refractivity contribution in [3.8, 4) is 0 Å². The molecule has 0 unspecified atom stereocenters. The SMILES string of the molecule is C=CCn1ncc(NCCCCN(C)C(C)C)c(Br)c1=O. The molecule has 0 atom stereocenters. The highest BCUT2D eigenvalue weighted by Crippen LogP contribution is 2.16. The average molecular weight is 357 g/mol. The van der Waals surface area contributed by atoms with Crippen LogP contribution in [0.3, 0.4) is 0 Å². The Morgan fingerprint density at radius 2 is 2.24 bits per heavy atom. The van der Waals surface area contributed by atoms with Crippen molar-refractivity contribution >= 4 is 21.6 Å². The van der Waals surface area contributed by atoms with Gasteiger partial charge in [0.1, 0.15) is 4.47 Å². The number of rotatable bonds is 9. The summed E-state index contributed by atoms with van der Waals surface area (Å²) in [5.41, 5.74) is 0.608.